The molecule has 0 radical (unpaired) electrons. The largest absolute Gasteiger partial charge is 0.486 e. The predicted octanol–water partition coefficient (Wildman–Crippen LogP) is 4.59. The highest BCUT2D eigenvalue weighted by Crippen LogP contribution is 2.21. The van der Waals surface area contributed by atoms with E-state index in [1.165, 1.54) is 11.8 Å². The molecule has 30 heavy (non-hydrogen) atoms. The van der Waals surface area contributed by atoms with Gasteiger partial charge in [0.05, 0.1) is 5.75 Å². The molecule has 0 aliphatic heterocycles. The number of ether oxygens (including phenoxy) is 1. The van der Waals surface area contributed by atoms with Crippen molar-refractivity contribution >= 4 is 34.1 Å². The molecule has 1 heterocycles. The van der Waals surface area contributed by atoms with Crippen LogP contribution in [0.25, 0.3) is 10.8 Å². The van der Waals surface area contributed by atoms with Crippen molar-refractivity contribution in [2.24, 2.45) is 7.05 Å². The average Bonchev–Trinajstić information content (AvgIpc) is 3.10. The van der Waals surface area contributed by atoms with Gasteiger partial charge in [-0.2, -0.15) is 0 Å². The first-order chi connectivity index (χ1) is 14.6. The second-order valence-corrected chi connectivity index (χ2v) is 7.90. The van der Waals surface area contributed by atoms with E-state index in [0.29, 0.717) is 17.6 Å². The van der Waals surface area contributed by atoms with Gasteiger partial charge >= 0.3 is 0 Å². The van der Waals surface area contributed by atoms with Gasteiger partial charge < -0.3 is 14.6 Å². The lowest BCUT2D eigenvalue weighted by molar-refractivity contribution is -0.113. The maximum Gasteiger partial charge on any atom is 0.234 e. The number of amides is 1. The van der Waals surface area contributed by atoms with Crippen molar-refractivity contribution in [2.75, 3.05) is 11.1 Å². The number of aryl methyl sites for hydroxylation is 1. The molecule has 4 rings (SSSR count). The third kappa shape index (κ3) is 4.80. The Morgan fingerprint density at radius 2 is 1.87 bits per heavy atom. The molecule has 0 saturated heterocycles. The molecule has 0 unspecified atom stereocenters. The van der Waals surface area contributed by atoms with E-state index in [1.54, 1.807) is 0 Å². The Labute approximate surface area is 179 Å². The number of nitrogens with one attached hydrogen (secondary N) is 1. The number of hydrogen-bond acceptors (Lipinski definition) is 5. The first-order valence-corrected chi connectivity index (χ1v) is 10.6. The molecule has 0 spiro atoms. The fraction of sp³-hybridized carbons (Fsp3) is 0.174. The van der Waals surface area contributed by atoms with Crippen LogP contribution < -0.4 is 10.1 Å². The van der Waals surface area contributed by atoms with E-state index in [4.69, 9.17) is 4.74 Å². The average molecular weight is 419 g/mol. The topological polar surface area (TPSA) is 69.0 Å². The summed E-state index contributed by atoms with van der Waals surface area (Å²) in [5.74, 6) is 1.66. The molecule has 1 aromatic heterocycles. The molecule has 0 aliphatic carbocycles. The molecule has 4 aromatic rings. The van der Waals surface area contributed by atoms with Crippen LogP contribution in [-0.4, -0.2) is 26.4 Å². The SMILES string of the molecule is Cc1cccc(OCc2nnc(SCC(=O)Nc3ccc4ccccc4c3)n2C)c1. The minimum Gasteiger partial charge on any atom is -0.486 e. The van der Waals surface area contributed by atoms with Gasteiger partial charge in [-0.3, -0.25) is 4.79 Å². The summed E-state index contributed by atoms with van der Waals surface area (Å²) in [7, 11) is 1.87. The Kier molecular flexibility index (Phi) is 5.99. The van der Waals surface area contributed by atoms with Crippen molar-refractivity contribution in [3.8, 4) is 5.75 Å². The van der Waals surface area contributed by atoms with Crippen LogP contribution in [0.1, 0.15) is 11.4 Å². The van der Waals surface area contributed by atoms with Crippen molar-refractivity contribution in [3.05, 3.63) is 78.1 Å². The van der Waals surface area contributed by atoms with Gasteiger partial charge in [-0.15, -0.1) is 10.2 Å². The summed E-state index contributed by atoms with van der Waals surface area (Å²) < 4.78 is 7.65. The molecule has 3 aromatic carbocycles. The van der Waals surface area contributed by atoms with Crippen LogP contribution in [0.3, 0.4) is 0 Å². The summed E-state index contributed by atoms with van der Waals surface area (Å²) in [5, 5.41) is 14.2. The molecule has 152 valence electrons. The van der Waals surface area contributed by atoms with Crippen LogP contribution in [0, 0.1) is 6.92 Å². The highest BCUT2D eigenvalue weighted by Gasteiger charge is 2.12. The molecule has 1 N–H and O–H groups in total. The molecule has 6 nitrogen and oxygen atoms in total. The third-order valence-electron chi connectivity index (χ3n) is 4.65. The van der Waals surface area contributed by atoms with E-state index >= 15 is 0 Å². The fourth-order valence-corrected chi connectivity index (χ4v) is 3.77. The summed E-state index contributed by atoms with van der Waals surface area (Å²) in [4.78, 5) is 12.4. The number of hydrogen-bond donors (Lipinski definition) is 1. The smallest absolute Gasteiger partial charge is 0.234 e. The monoisotopic (exact) mass is 418 g/mol. The standard InChI is InChI=1S/C23H22N4O2S/c1-16-6-5-9-20(12-16)29-14-21-25-26-23(27(21)2)30-15-22(28)24-19-11-10-17-7-3-4-8-18(17)13-19/h3-13H,14-15H2,1-2H3,(H,24,28). The van der Waals surface area contributed by atoms with E-state index in [2.05, 4.69) is 15.5 Å². The van der Waals surface area contributed by atoms with Crippen LogP contribution in [0.4, 0.5) is 5.69 Å². The molecular weight excluding hydrogens is 396 g/mol. The number of rotatable bonds is 7. The minimum atomic E-state index is -0.0872. The molecular formula is C23H22N4O2S. The van der Waals surface area contributed by atoms with Gasteiger partial charge in [-0.1, -0.05) is 54.2 Å². The number of benzene rings is 3. The lowest BCUT2D eigenvalue weighted by Gasteiger charge is -2.08. The number of carbonyl (C=O) groups excluding carboxylic acids is 1. The quantitative estimate of drug-likeness (QED) is 0.445. The zero-order valence-electron chi connectivity index (χ0n) is 16.8. The minimum absolute atomic E-state index is 0.0872. The molecule has 7 heteroatoms. The zero-order valence-corrected chi connectivity index (χ0v) is 17.6. The molecule has 0 atom stereocenters. The first-order valence-electron chi connectivity index (χ1n) is 9.58. The van der Waals surface area contributed by atoms with Gasteiger partial charge in [0, 0.05) is 12.7 Å². The molecule has 0 saturated carbocycles. The Balaban J connectivity index is 1.32. The molecule has 0 aliphatic rings. The van der Waals surface area contributed by atoms with Crippen LogP contribution in [0.5, 0.6) is 5.75 Å². The van der Waals surface area contributed by atoms with Crippen LogP contribution >= 0.6 is 11.8 Å². The number of anilines is 1. The van der Waals surface area contributed by atoms with E-state index in [-0.39, 0.29) is 11.7 Å². The molecule has 0 bridgehead atoms. The van der Waals surface area contributed by atoms with Gasteiger partial charge in [-0.25, -0.2) is 0 Å². The second-order valence-electron chi connectivity index (χ2n) is 6.96. The van der Waals surface area contributed by atoms with Crippen molar-refractivity contribution in [1.29, 1.82) is 0 Å². The summed E-state index contributed by atoms with van der Waals surface area (Å²) in [6, 6.07) is 21.8. The van der Waals surface area contributed by atoms with Crippen molar-refractivity contribution in [2.45, 2.75) is 18.7 Å². The van der Waals surface area contributed by atoms with E-state index in [1.807, 2.05) is 85.3 Å². The highest BCUT2D eigenvalue weighted by atomic mass is 32.2. The first kappa shape index (κ1) is 20.0. The van der Waals surface area contributed by atoms with Crippen LogP contribution in [0.2, 0.25) is 0 Å². The Hall–Kier alpha value is -3.32. The van der Waals surface area contributed by atoms with Crippen molar-refractivity contribution in [1.82, 2.24) is 14.8 Å². The predicted molar refractivity (Wildman–Crippen MR) is 120 cm³/mol. The molecule has 0 fully saturated rings. The van der Waals surface area contributed by atoms with Crippen LogP contribution in [-0.2, 0) is 18.4 Å². The number of nitrogens with zero attached hydrogens (tertiary/aromatic N) is 3. The lowest BCUT2D eigenvalue weighted by Crippen LogP contribution is -2.14. The maximum absolute atomic E-state index is 12.4. The van der Waals surface area contributed by atoms with E-state index in [0.717, 1.165) is 27.8 Å². The lowest BCUT2D eigenvalue weighted by atomic mass is 10.1. The second kappa shape index (κ2) is 9.00. The van der Waals surface area contributed by atoms with Crippen LogP contribution in [0.15, 0.2) is 71.9 Å². The van der Waals surface area contributed by atoms with E-state index < -0.39 is 0 Å². The van der Waals surface area contributed by atoms with Crippen molar-refractivity contribution < 1.29 is 9.53 Å². The van der Waals surface area contributed by atoms with Gasteiger partial charge in [0.1, 0.15) is 12.4 Å². The Bertz CT molecular complexity index is 1190. The van der Waals surface area contributed by atoms with E-state index in [9.17, 15) is 4.79 Å². The van der Waals surface area contributed by atoms with Gasteiger partial charge in [0.2, 0.25) is 5.91 Å². The van der Waals surface area contributed by atoms with Crippen molar-refractivity contribution in [3.63, 3.8) is 0 Å². The van der Waals surface area contributed by atoms with Gasteiger partial charge in [-0.05, 0) is 47.5 Å². The third-order valence-corrected chi connectivity index (χ3v) is 5.67. The fourth-order valence-electron chi connectivity index (χ4n) is 3.04. The molecule has 1 amide bonds. The number of carbonyl (C=O) groups is 1. The normalized spacial score (nSPS) is 10.9. The number of aromatic nitrogens is 3. The zero-order chi connectivity index (χ0) is 20.9. The summed E-state index contributed by atoms with van der Waals surface area (Å²) in [6.07, 6.45) is 0. The number of fused-ring (bicyclic) bond motifs is 1. The highest BCUT2D eigenvalue weighted by molar-refractivity contribution is 7.99. The Morgan fingerprint density at radius 3 is 2.70 bits per heavy atom. The summed E-state index contributed by atoms with van der Waals surface area (Å²) in [5.41, 5.74) is 1.92. The number of thioether (sulfide) groups is 1. The maximum atomic E-state index is 12.4. The van der Waals surface area contributed by atoms with Gasteiger partial charge in [0.25, 0.3) is 0 Å². The summed E-state index contributed by atoms with van der Waals surface area (Å²) >= 11 is 1.34. The van der Waals surface area contributed by atoms with Gasteiger partial charge in [0.15, 0.2) is 11.0 Å². The Morgan fingerprint density at radius 1 is 1.03 bits per heavy atom. The summed E-state index contributed by atoms with van der Waals surface area (Å²) in [6.45, 7) is 2.34.